The maximum absolute atomic E-state index is 13.5. The molecule has 2 rings (SSSR count). The number of carbonyl (C=O) groups excluding carboxylic acids is 1. The summed E-state index contributed by atoms with van der Waals surface area (Å²) in [5.41, 5.74) is -0.278. The number of anilines is 1. The summed E-state index contributed by atoms with van der Waals surface area (Å²) in [7, 11) is 0. The molecule has 0 saturated carbocycles. The number of halogens is 3. The van der Waals surface area contributed by atoms with E-state index in [0.717, 1.165) is 12.1 Å². The lowest BCUT2D eigenvalue weighted by Crippen LogP contribution is -2.14. The Bertz CT molecular complexity index is 649. The quantitative estimate of drug-likeness (QED) is 0.801. The highest BCUT2D eigenvalue weighted by Gasteiger charge is 2.14. The van der Waals surface area contributed by atoms with E-state index in [2.05, 4.69) is 17.9 Å². The van der Waals surface area contributed by atoms with Crippen LogP contribution in [0, 0.1) is 11.6 Å². The lowest BCUT2D eigenvalue weighted by molar-refractivity contribution is 0.102. The molecule has 98 valence electrons. The molecular formula is C13H8ClF2NOS. The Balaban J connectivity index is 2.28. The minimum Gasteiger partial charge on any atom is -0.319 e. The van der Waals surface area contributed by atoms with Crippen molar-refractivity contribution in [2.75, 3.05) is 5.32 Å². The van der Waals surface area contributed by atoms with Gasteiger partial charge in [0.1, 0.15) is 11.6 Å². The van der Waals surface area contributed by atoms with Crippen LogP contribution in [0.3, 0.4) is 0 Å². The third kappa shape index (κ3) is 3.24. The summed E-state index contributed by atoms with van der Waals surface area (Å²) in [4.78, 5) is 12.3. The molecule has 19 heavy (non-hydrogen) atoms. The fourth-order valence-corrected chi connectivity index (χ4v) is 1.83. The number of amides is 1. The maximum Gasteiger partial charge on any atom is 0.258 e. The van der Waals surface area contributed by atoms with Crippen molar-refractivity contribution in [1.82, 2.24) is 0 Å². The van der Waals surface area contributed by atoms with Gasteiger partial charge in [-0.2, -0.15) is 0 Å². The number of hydrogen-bond acceptors (Lipinski definition) is 2. The van der Waals surface area contributed by atoms with Crippen LogP contribution in [-0.2, 0) is 0 Å². The number of rotatable bonds is 2. The SMILES string of the molecule is O=C(Nc1ccc(Cl)cc1F)c1cc(S)ccc1F. The van der Waals surface area contributed by atoms with Gasteiger partial charge in [-0.25, -0.2) is 8.78 Å². The Morgan fingerprint density at radius 3 is 2.53 bits per heavy atom. The summed E-state index contributed by atoms with van der Waals surface area (Å²) in [6.45, 7) is 0. The molecule has 0 heterocycles. The van der Waals surface area contributed by atoms with Crippen LogP contribution in [0.1, 0.15) is 10.4 Å². The van der Waals surface area contributed by atoms with Crippen LogP contribution in [-0.4, -0.2) is 5.91 Å². The van der Waals surface area contributed by atoms with Crippen molar-refractivity contribution in [3.05, 3.63) is 58.6 Å². The van der Waals surface area contributed by atoms with Gasteiger partial charge in [-0.15, -0.1) is 12.6 Å². The summed E-state index contributed by atoms with van der Waals surface area (Å²) in [6, 6.07) is 7.58. The van der Waals surface area contributed by atoms with Gasteiger partial charge >= 0.3 is 0 Å². The lowest BCUT2D eigenvalue weighted by atomic mass is 10.2. The third-order valence-corrected chi connectivity index (χ3v) is 2.89. The number of hydrogen-bond donors (Lipinski definition) is 2. The molecule has 0 saturated heterocycles. The highest BCUT2D eigenvalue weighted by Crippen LogP contribution is 2.21. The number of benzene rings is 2. The molecule has 0 aliphatic heterocycles. The second-order valence-corrected chi connectivity index (χ2v) is 4.70. The molecule has 0 fully saturated rings. The molecule has 0 unspecified atom stereocenters. The summed E-state index contributed by atoms with van der Waals surface area (Å²) < 4.78 is 27.0. The average Bonchev–Trinajstić information content (AvgIpc) is 2.35. The first-order valence-corrected chi connectivity index (χ1v) is 6.05. The molecule has 2 aromatic rings. The van der Waals surface area contributed by atoms with Gasteiger partial charge in [-0.3, -0.25) is 4.79 Å². The molecule has 0 aliphatic rings. The van der Waals surface area contributed by atoms with E-state index in [1.807, 2.05) is 0 Å². The first kappa shape index (κ1) is 13.8. The van der Waals surface area contributed by atoms with Crippen molar-refractivity contribution in [2.45, 2.75) is 4.90 Å². The van der Waals surface area contributed by atoms with Gasteiger partial charge in [-0.1, -0.05) is 11.6 Å². The van der Waals surface area contributed by atoms with Crippen LogP contribution < -0.4 is 5.32 Å². The molecule has 0 aliphatic carbocycles. The van der Waals surface area contributed by atoms with Crippen LogP contribution in [0.4, 0.5) is 14.5 Å². The first-order valence-electron chi connectivity index (χ1n) is 5.22. The molecule has 0 spiro atoms. The Labute approximate surface area is 118 Å². The minimum absolute atomic E-state index is 0.0710. The van der Waals surface area contributed by atoms with Crippen LogP contribution in [0.5, 0.6) is 0 Å². The van der Waals surface area contributed by atoms with Crippen molar-refractivity contribution in [3.63, 3.8) is 0 Å². The smallest absolute Gasteiger partial charge is 0.258 e. The minimum atomic E-state index is -0.755. The second-order valence-electron chi connectivity index (χ2n) is 3.74. The molecule has 1 amide bonds. The van der Waals surface area contributed by atoms with Gasteiger partial charge in [0.15, 0.2) is 0 Å². The second kappa shape index (κ2) is 5.59. The zero-order valence-corrected chi connectivity index (χ0v) is 11.1. The highest BCUT2D eigenvalue weighted by atomic mass is 35.5. The standard InChI is InChI=1S/C13H8ClF2NOS/c14-7-1-4-12(11(16)5-7)17-13(18)9-6-8(19)2-3-10(9)15/h1-6,19H,(H,17,18). The summed E-state index contributed by atoms with van der Waals surface area (Å²) >= 11 is 9.61. The highest BCUT2D eigenvalue weighted by molar-refractivity contribution is 7.80. The Kier molecular flexibility index (Phi) is 4.07. The molecule has 0 aromatic heterocycles. The fraction of sp³-hybridized carbons (Fsp3) is 0. The van der Waals surface area contributed by atoms with E-state index >= 15 is 0 Å². The monoisotopic (exact) mass is 299 g/mol. The van der Waals surface area contributed by atoms with Crippen molar-refractivity contribution in [1.29, 1.82) is 0 Å². The normalized spacial score (nSPS) is 10.3. The number of thiol groups is 1. The molecule has 2 aromatic carbocycles. The van der Waals surface area contributed by atoms with Crippen molar-refractivity contribution in [2.24, 2.45) is 0 Å². The Morgan fingerprint density at radius 2 is 1.84 bits per heavy atom. The molecule has 0 bridgehead atoms. The van der Waals surface area contributed by atoms with E-state index in [9.17, 15) is 13.6 Å². The van der Waals surface area contributed by atoms with E-state index in [1.54, 1.807) is 0 Å². The van der Waals surface area contributed by atoms with Crippen LogP contribution in [0.2, 0.25) is 5.02 Å². The van der Waals surface area contributed by atoms with E-state index in [0.29, 0.717) is 4.90 Å². The van der Waals surface area contributed by atoms with Gasteiger partial charge in [0.2, 0.25) is 0 Å². The van der Waals surface area contributed by atoms with E-state index < -0.39 is 17.5 Å². The van der Waals surface area contributed by atoms with Crippen molar-refractivity contribution in [3.8, 4) is 0 Å². The molecule has 6 heteroatoms. The van der Waals surface area contributed by atoms with E-state index in [1.165, 1.54) is 24.3 Å². The average molecular weight is 300 g/mol. The molecule has 0 atom stereocenters. The van der Waals surface area contributed by atoms with Gasteiger partial charge in [0.05, 0.1) is 11.3 Å². The first-order chi connectivity index (χ1) is 8.97. The molecule has 1 N–H and O–H groups in total. The molecule has 2 nitrogen and oxygen atoms in total. The number of nitrogens with one attached hydrogen (secondary N) is 1. The Morgan fingerprint density at radius 1 is 1.11 bits per heavy atom. The lowest BCUT2D eigenvalue weighted by Gasteiger charge is -2.08. The van der Waals surface area contributed by atoms with Crippen LogP contribution in [0.15, 0.2) is 41.3 Å². The zero-order chi connectivity index (χ0) is 14.0. The summed E-state index contributed by atoms with van der Waals surface area (Å²) in [5, 5.41) is 2.48. The fourth-order valence-electron chi connectivity index (χ4n) is 1.47. The topological polar surface area (TPSA) is 29.1 Å². The van der Waals surface area contributed by atoms with Gasteiger partial charge in [0, 0.05) is 9.92 Å². The van der Waals surface area contributed by atoms with E-state index in [-0.39, 0.29) is 16.3 Å². The predicted octanol–water partition coefficient (Wildman–Crippen LogP) is 4.16. The largest absolute Gasteiger partial charge is 0.319 e. The maximum atomic E-state index is 13.5. The van der Waals surface area contributed by atoms with Gasteiger partial charge < -0.3 is 5.32 Å². The predicted molar refractivity (Wildman–Crippen MR) is 73.0 cm³/mol. The van der Waals surface area contributed by atoms with E-state index in [4.69, 9.17) is 11.6 Å². The Hall–Kier alpha value is -1.59. The summed E-state index contributed by atoms with van der Waals surface area (Å²) in [6.07, 6.45) is 0. The van der Waals surface area contributed by atoms with Crippen molar-refractivity contribution >= 4 is 35.8 Å². The number of carbonyl (C=O) groups is 1. The summed E-state index contributed by atoms with van der Waals surface area (Å²) in [5.74, 6) is -2.15. The molecule has 0 radical (unpaired) electrons. The zero-order valence-electron chi connectivity index (χ0n) is 9.45. The third-order valence-electron chi connectivity index (χ3n) is 2.37. The molecular weight excluding hydrogens is 292 g/mol. The van der Waals surface area contributed by atoms with Crippen LogP contribution in [0.25, 0.3) is 0 Å². The van der Waals surface area contributed by atoms with Crippen LogP contribution >= 0.6 is 24.2 Å². The van der Waals surface area contributed by atoms with Gasteiger partial charge in [-0.05, 0) is 36.4 Å². The van der Waals surface area contributed by atoms with Crippen molar-refractivity contribution < 1.29 is 13.6 Å². The van der Waals surface area contributed by atoms with Gasteiger partial charge in [0.25, 0.3) is 5.91 Å².